The molecule has 52 valence electrons. The third-order valence-corrected chi connectivity index (χ3v) is 1.24. The molecule has 0 amide bonds. The molecule has 0 saturated heterocycles. The first-order valence-electron chi connectivity index (χ1n) is 3.10. The Bertz CT molecular complexity index is 123. The van der Waals surface area contributed by atoms with Crippen LogP contribution < -0.4 is 5.73 Å². The van der Waals surface area contributed by atoms with Gasteiger partial charge in [0.05, 0.1) is 5.00 Å². The number of anilines is 1. The first-order valence-corrected chi connectivity index (χ1v) is 3.98. The summed E-state index contributed by atoms with van der Waals surface area (Å²) in [5, 5.41) is 2.84. The predicted octanol–water partition coefficient (Wildman–Crippen LogP) is 2.75. The highest BCUT2D eigenvalue weighted by Gasteiger charge is 1.75. The highest BCUT2D eigenvalue weighted by molar-refractivity contribution is 7.13. The molecule has 0 spiro atoms. The van der Waals surface area contributed by atoms with Gasteiger partial charge in [0.15, 0.2) is 0 Å². The molecule has 1 heterocycles. The summed E-state index contributed by atoms with van der Waals surface area (Å²) in [6.07, 6.45) is 1.25. The minimum atomic E-state index is 0.884. The summed E-state index contributed by atoms with van der Waals surface area (Å²) in [6.45, 7) is 4.25. The molecule has 0 aliphatic heterocycles. The molecule has 0 aromatic carbocycles. The van der Waals surface area contributed by atoms with Gasteiger partial charge in [-0.3, -0.25) is 0 Å². The van der Waals surface area contributed by atoms with Gasteiger partial charge in [0.1, 0.15) is 0 Å². The summed E-state index contributed by atoms with van der Waals surface area (Å²) in [5.41, 5.74) is 5.30. The van der Waals surface area contributed by atoms with Crippen molar-refractivity contribution in [2.75, 3.05) is 5.73 Å². The molecule has 0 aliphatic rings. The van der Waals surface area contributed by atoms with Gasteiger partial charge in [-0.1, -0.05) is 20.3 Å². The third-order valence-electron chi connectivity index (χ3n) is 0.543. The molecule has 1 aromatic rings. The Morgan fingerprint density at radius 2 is 2.11 bits per heavy atom. The van der Waals surface area contributed by atoms with E-state index in [0.717, 1.165) is 5.00 Å². The van der Waals surface area contributed by atoms with Crippen LogP contribution >= 0.6 is 11.3 Å². The van der Waals surface area contributed by atoms with Crippen LogP contribution in [0.15, 0.2) is 17.5 Å². The van der Waals surface area contributed by atoms with Crippen molar-refractivity contribution < 1.29 is 0 Å². The Labute approximate surface area is 60.5 Å². The quantitative estimate of drug-likeness (QED) is 0.593. The first-order chi connectivity index (χ1) is 4.31. The molecule has 1 nitrogen and oxygen atoms in total. The van der Waals surface area contributed by atoms with Crippen molar-refractivity contribution >= 4 is 16.3 Å². The molecular weight excluding hydrogens is 130 g/mol. The van der Waals surface area contributed by atoms with Crippen LogP contribution in [-0.4, -0.2) is 0 Å². The molecule has 1 aromatic heterocycles. The predicted molar refractivity (Wildman–Crippen MR) is 44.7 cm³/mol. The number of rotatable bonds is 0. The number of thiophene rings is 1. The summed E-state index contributed by atoms with van der Waals surface area (Å²) in [7, 11) is 0. The molecular formula is C7H13NS. The standard InChI is InChI=1S/C4H5NS.C3H8/c5-4-2-1-3-6-4;1-3-2/h1-3H,5H2;3H2,1-2H3. The van der Waals surface area contributed by atoms with Crippen LogP contribution in [0.1, 0.15) is 20.3 Å². The van der Waals surface area contributed by atoms with Gasteiger partial charge in [0.25, 0.3) is 0 Å². The van der Waals surface area contributed by atoms with Crippen molar-refractivity contribution in [1.29, 1.82) is 0 Å². The zero-order chi connectivity index (χ0) is 7.11. The SMILES string of the molecule is CCC.Nc1cccs1. The lowest BCUT2D eigenvalue weighted by atomic mass is 10.6. The molecule has 0 saturated carbocycles. The second kappa shape index (κ2) is 5.63. The Kier molecular flexibility index (Phi) is 5.32. The van der Waals surface area contributed by atoms with E-state index in [4.69, 9.17) is 5.73 Å². The fourth-order valence-electron chi connectivity index (χ4n) is 0.291. The minimum absolute atomic E-state index is 0.884. The van der Waals surface area contributed by atoms with Crippen LogP contribution in [0.5, 0.6) is 0 Å². The van der Waals surface area contributed by atoms with Crippen LogP contribution in [0, 0.1) is 0 Å². The number of hydrogen-bond donors (Lipinski definition) is 1. The van der Waals surface area contributed by atoms with Gasteiger partial charge >= 0.3 is 0 Å². The zero-order valence-electron chi connectivity index (χ0n) is 5.92. The van der Waals surface area contributed by atoms with Gasteiger partial charge in [-0.05, 0) is 17.5 Å². The second-order valence-electron chi connectivity index (χ2n) is 1.72. The molecule has 0 aliphatic carbocycles. The molecule has 2 heteroatoms. The summed E-state index contributed by atoms with van der Waals surface area (Å²) < 4.78 is 0. The van der Waals surface area contributed by atoms with Gasteiger partial charge < -0.3 is 5.73 Å². The van der Waals surface area contributed by atoms with E-state index < -0.39 is 0 Å². The highest BCUT2D eigenvalue weighted by Crippen LogP contribution is 2.07. The van der Waals surface area contributed by atoms with Crippen LogP contribution in [0.3, 0.4) is 0 Å². The number of nitrogens with two attached hydrogens (primary N) is 1. The van der Waals surface area contributed by atoms with Crippen LogP contribution in [-0.2, 0) is 0 Å². The Hall–Kier alpha value is -0.500. The lowest BCUT2D eigenvalue weighted by molar-refractivity contribution is 1.09. The van der Waals surface area contributed by atoms with E-state index in [-0.39, 0.29) is 0 Å². The van der Waals surface area contributed by atoms with Gasteiger partial charge in [-0.25, -0.2) is 0 Å². The fraction of sp³-hybridized carbons (Fsp3) is 0.429. The van der Waals surface area contributed by atoms with Crippen molar-refractivity contribution in [2.24, 2.45) is 0 Å². The second-order valence-corrected chi connectivity index (χ2v) is 2.70. The molecule has 0 unspecified atom stereocenters. The summed E-state index contributed by atoms with van der Waals surface area (Å²) in [6, 6.07) is 3.81. The largest absolute Gasteiger partial charge is 0.391 e. The molecule has 0 bridgehead atoms. The third kappa shape index (κ3) is 5.37. The maximum atomic E-state index is 5.30. The van der Waals surface area contributed by atoms with Crippen LogP contribution in [0.2, 0.25) is 0 Å². The maximum Gasteiger partial charge on any atom is 0.0856 e. The zero-order valence-corrected chi connectivity index (χ0v) is 6.74. The lowest BCUT2D eigenvalue weighted by Gasteiger charge is -1.68. The van der Waals surface area contributed by atoms with Crippen molar-refractivity contribution in [1.82, 2.24) is 0 Å². The van der Waals surface area contributed by atoms with Crippen molar-refractivity contribution in [3.63, 3.8) is 0 Å². The van der Waals surface area contributed by atoms with E-state index in [9.17, 15) is 0 Å². The topological polar surface area (TPSA) is 26.0 Å². The van der Waals surface area contributed by atoms with Gasteiger partial charge in [0.2, 0.25) is 0 Å². The molecule has 0 atom stereocenters. The van der Waals surface area contributed by atoms with Crippen molar-refractivity contribution in [3.8, 4) is 0 Å². The fourth-order valence-corrected chi connectivity index (χ4v) is 0.763. The van der Waals surface area contributed by atoms with E-state index in [0.29, 0.717) is 0 Å². The van der Waals surface area contributed by atoms with Crippen molar-refractivity contribution in [3.05, 3.63) is 17.5 Å². The smallest absolute Gasteiger partial charge is 0.0856 e. The van der Waals surface area contributed by atoms with E-state index in [1.807, 2.05) is 17.5 Å². The minimum Gasteiger partial charge on any atom is -0.391 e. The van der Waals surface area contributed by atoms with Crippen LogP contribution in [0.4, 0.5) is 5.00 Å². The Balaban J connectivity index is 0.000000187. The Morgan fingerprint density at radius 3 is 2.22 bits per heavy atom. The van der Waals surface area contributed by atoms with Crippen LogP contribution in [0.25, 0.3) is 0 Å². The highest BCUT2D eigenvalue weighted by atomic mass is 32.1. The molecule has 0 fully saturated rings. The van der Waals surface area contributed by atoms with Gasteiger partial charge in [0, 0.05) is 0 Å². The monoisotopic (exact) mass is 143 g/mol. The van der Waals surface area contributed by atoms with Crippen molar-refractivity contribution in [2.45, 2.75) is 20.3 Å². The van der Waals surface area contributed by atoms with E-state index >= 15 is 0 Å². The van der Waals surface area contributed by atoms with E-state index in [1.54, 1.807) is 11.3 Å². The molecule has 2 N–H and O–H groups in total. The molecule has 0 radical (unpaired) electrons. The van der Waals surface area contributed by atoms with E-state index in [1.165, 1.54) is 6.42 Å². The number of hydrogen-bond acceptors (Lipinski definition) is 2. The summed E-state index contributed by atoms with van der Waals surface area (Å²) in [4.78, 5) is 0. The van der Waals surface area contributed by atoms with Gasteiger partial charge in [-0.2, -0.15) is 0 Å². The summed E-state index contributed by atoms with van der Waals surface area (Å²) in [5.74, 6) is 0. The molecule has 1 rings (SSSR count). The Morgan fingerprint density at radius 1 is 1.56 bits per heavy atom. The normalized spacial score (nSPS) is 7.78. The average Bonchev–Trinajstić information content (AvgIpc) is 2.20. The number of nitrogen functional groups attached to an aromatic ring is 1. The maximum absolute atomic E-state index is 5.30. The summed E-state index contributed by atoms with van der Waals surface area (Å²) >= 11 is 1.56. The van der Waals surface area contributed by atoms with E-state index in [2.05, 4.69) is 13.8 Å². The average molecular weight is 143 g/mol. The van der Waals surface area contributed by atoms with Gasteiger partial charge in [-0.15, -0.1) is 11.3 Å². The molecule has 9 heavy (non-hydrogen) atoms. The first kappa shape index (κ1) is 8.50. The lowest BCUT2D eigenvalue weighted by Crippen LogP contribution is -1.72.